The molecule has 0 saturated carbocycles. The molecule has 2 rings (SSSR count). The molecular formula is C15H17F3N2O2. The number of hydrogen-bond acceptors (Lipinski definition) is 2. The summed E-state index contributed by atoms with van der Waals surface area (Å²) in [5.74, 6) is -5.04. The highest BCUT2D eigenvalue weighted by molar-refractivity contribution is 6.03. The summed E-state index contributed by atoms with van der Waals surface area (Å²) < 4.78 is 39.3. The van der Waals surface area contributed by atoms with Crippen molar-refractivity contribution >= 4 is 17.5 Å². The van der Waals surface area contributed by atoms with Crippen LogP contribution in [0.4, 0.5) is 18.9 Å². The van der Waals surface area contributed by atoms with Crippen LogP contribution in [0.5, 0.6) is 0 Å². The first kappa shape index (κ1) is 16.3. The molecule has 1 fully saturated rings. The lowest BCUT2D eigenvalue weighted by atomic mass is 9.99. The van der Waals surface area contributed by atoms with Crippen LogP contribution < -0.4 is 5.32 Å². The maximum absolute atomic E-state index is 13.4. The predicted molar refractivity (Wildman–Crippen MR) is 74.5 cm³/mol. The second kappa shape index (κ2) is 6.81. The first-order chi connectivity index (χ1) is 10.4. The van der Waals surface area contributed by atoms with Crippen molar-refractivity contribution in [2.45, 2.75) is 26.2 Å². The standard InChI is InChI=1S/C15H17F3N2O2/c1-9-4-6-20(7-5-9)13(22)8-12(21)19-11-3-2-10(16)14(17)15(11)18/h2-3,9H,4-8H2,1H3,(H,19,21). The summed E-state index contributed by atoms with van der Waals surface area (Å²) in [4.78, 5) is 25.3. The monoisotopic (exact) mass is 314 g/mol. The Kier molecular flexibility index (Phi) is 5.05. The van der Waals surface area contributed by atoms with Gasteiger partial charge in [-0.2, -0.15) is 0 Å². The van der Waals surface area contributed by atoms with Crippen molar-refractivity contribution in [3.8, 4) is 0 Å². The van der Waals surface area contributed by atoms with Crippen LogP contribution >= 0.6 is 0 Å². The summed E-state index contributed by atoms with van der Waals surface area (Å²) in [5.41, 5.74) is -0.482. The van der Waals surface area contributed by atoms with Crippen LogP contribution in [-0.4, -0.2) is 29.8 Å². The minimum atomic E-state index is -1.66. The lowest BCUT2D eigenvalue weighted by Gasteiger charge is -2.30. The van der Waals surface area contributed by atoms with Gasteiger partial charge in [-0.1, -0.05) is 6.92 Å². The first-order valence-corrected chi connectivity index (χ1v) is 7.09. The number of carbonyl (C=O) groups excluding carboxylic acids is 2. The number of rotatable bonds is 3. The van der Waals surface area contributed by atoms with Crippen molar-refractivity contribution in [1.82, 2.24) is 4.90 Å². The summed E-state index contributed by atoms with van der Waals surface area (Å²) in [6.45, 7) is 3.28. The van der Waals surface area contributed by atoms with Crippen molar-refractivity contribution in [3.05, 3.63) is 29.6 Å². The zero-order valence-electron chi connectivity index (χ0n) is 12.2. The molecule has 1 heterocycles. The predicted octanol–water partition coefficient (Wildman–Crippen LogP) is 2.69. The summed E-state index contributed by atoms with van der Waals surface area (Å²) in [5, 5.41) is 2.09. The zero-order valence-corrected chi connectivity index (χ0v) is 12.2. The first-order valence-electron chi connectivity index (χ1n) is 7.09. The van der Waals surface area contributed by atoms with E-state index in [1.807, 2.05) is 0 Å². The maximum Gasteiger partial charge on any atom is 0.233 e. The van der Waals surface area contributed by atoms with E-state index < -0.39 is 35.5 Å². The summed E-state index contributed by atoms with van der Waals surface area (Å²) >= 11 is 0. The molecule has 120 valence electrons. The van der Waals surface area contributed by atoms with Crippen molar-refractivity contribution in [2.75, 3.05) is 18.4 Å². The van der Waals surface area contributed by atoms with Crippen LogP contribution in [-0.2, 0) is 9.59 Å². The van der Waals surface area contributed by atoms with Gasteiger partial charge in [0.2, 0.25) is 11.8 Å². The lowest BCUT2D eigenvalue weighted by Crippen LogP contribution is -2.39. The Bertz CT molecular complexity index is 584. The molecule has 0 unspecified atom stereocenters. The third kappa shape index (κ3) is 3.78. The van der Waals surface area contributed by atoms with E-state index in [1.165, 1.54) is 0 Å². The van der Waals surface area contributed by atoms with Crippen molar-refractivity contribution in [3.63, 3.8) is 0 Å². The third-order valence-electron chi connectivity index (χ3n) is 3.76. The number of anilines is 1. The van der Waals surface area contributed by atoms with E-state index in [1.54, 1.807) is 4.90 Å². The summed E-state index contributed by atoms with van der Waals surface area (Å²) in [6, 6.07) is 1.63. The molecule has 1 aliphatic rings. The fourth-order valence-electron chi connectivity index (χ4n) is 2.32. The van der Waals surface area contributed by atoms with Crippen LogP contribution in [0.15, 0.2) is 12.1 Å². The lowest BCUT2D eigenvalue weighted by molar-refractivity contribution is -0.135. The molecule has 0 aliphatic carbocycles. The molecule has 0 atom stereocenters. The highest BCUT2D eigenvalue weighted by Gasteiger charge is 2.23. The smallest absolute Gasteiger partial charge is 0.233 e. The zero-order chi connectivity index (χ0) is 16.3. The summed E-state index contributed by atoms with van der Waals surface area (Å²) in [6.07, 6.45) is 1.31. The minimum Gasteiger partial charge on any atom is -0.342 e. The van der Waals surface area contributed by atoms with Gasteiger partial charge in [0.1, 0.15) is 6.42 Å². The van der Waals surface area contributed by atoms with E-state index in [-0.39, 0.29) is 5.91 Å². The van der Waals surface area contributed by atoms with E-state index in [9.17, 15) is 22.8 Å². The Morgan fingerprint density at radius 2 is 1.82 bits per heavy atom. The number of nitrogens with one attached hydrogen (secondary N) is 1. The Hall–Kier alpha value is -2.05. The molecule has 0 radical (unpaired) electrons. The number of carbonyl (C=O) groups is 2. The number of piperidine rings is 1. The van der Waals surface area contributed by atoms with E-state index in [0.29, 0.717) is 25.1 Å². The van der Waals surface area contributed by atoms with Gasteiger partial charge < -0.3 is 10.2 Å². The van der Waals surface area contributed by atoms with E-state index >= 15 is 0 Å². The molecule has 1 aromatic rings. The van der Waals surface area contributed by atoms with Crippen molar-refractivity contribution in [1.29, 1.82) is 0 Å². The molecular weight excluding hydrogens is 297 g/mol. The number of benzene rings is 1. The van der Waals surface area contributed by atoms with Gasteiger partial charge in [0.05, 0.1) is 5.69 Å². The van der Waals surface area contributed by atoms with E-state index in [2.05, 4.69) is 12.2 Å². The van der Waals surface area contributed by atoms with Gasteiger partial charge in [-0.3, -0.25) is 9.59 Å². The SMILES string of the molecule is CC1CCN(C(=O)CC(=O)Nc2ccc(F)c(F)c2F)CC1. The Labute approximate surface area is 126 Å². The molecule has 1 saturated heterocycles. The Morgan fingerprint density at radius 3 is 2.45 bits per heavy atom. The molecule has 1 aliphatic heterocycles. The molecule has 0 aromatic heterocycles. The van der Waals surface area contributed by atoms with Gasteiger partial charge in [-0.05, 0) is 30.9 Å². The van der Waals surface area contributed by atoms with Gasteiger partial charge in [0.15, 0.2) is 17.5 Å². The second-order valence-electron chi connectivity index (χ2n) is 5.51. The van der Waals surface area contributed by atoms with Crippen LogP contribution in [0.3, 0.4) is 0 Å². The number of halogens is 3. The molecule has 0 bridgehead atoms. The molecule has 1 N–H and O–H groups in total. The van der Waals surface area contributed by atoms with Gasteiger partial charge in [0, 0.05) is 13.1 Å². The number of nitrogens with zero attached hydrogens (tertiary/aromatic N) is 1. The van der Waals surface area contributed by atoms with E-state index in [0.717, 1.165) is 18.9 Å². The molecule has 7 heteroatoms. The van der Waals surface area contributed by atoms with Gasteiger partial charge >= 0.3 is 0 Å². The van der Waals surface area contributed by atoms with Gasteiger partial charge in [-0.25, -0.2) is 13.2 Å². The van der Waals surface area contributed by atoms with Gasteiger partial charge in [0.25, 0.3) is 0 Å². The molecule has 22 heavy (non-hydrogen) atoms. The van der Waals surface area contributed by atoms with Crippen LogP contribution in [0.2, 0.25) is 0 Å². The van der Waals surface area contributed by atoms with Crippen LogP contribution in [0.1, 0.15) is 26.2 Å². The van der Waals surface area contributed by atoms with E-state index in [4.69, 9.17) is 0 Å². The number of likely N-dealkylation sites (tertiary alicyclic amines) is 1. The van der Waals surface area contributed by atoms with Crippen molar-refractivity contribution < 1.29 is 22.8 Å². The average molecular weight is 314 g/mol. The van der Waals surface area contributed by atoms with Gasteiger partial charge in [-0.15, -0.1) is 0 Å². The van der Waals surface area contributed by atoms with Crippen molar-refractivity contribution in [2.24, 2.45) is 5.92 Å². The Morgan fingerprint density at radius 1 is 1.18 bits per heavy atom. The van der Waals surface area contributed by atoms with Crippen LogP contribution in [0.25, 0.3) is 0 Å². The second-order valence-corrected chi connectivity index (χ2v) is 5.51. The Balaban J connectivity index is 1.93. The molecule has 0 spiro atoms. The average Bonchev–Trinajstić information content (AvgIpc) is 2.48. The summed E-state index contributed by atoms with van der Waals surface area (Å²) in [7, 11) is 0. The minimum absolute atomic E-state index is 0.354. The fourth-order valence-corrected chi connectivity index (χ4v) is 2.32. The maximum atomic E-state index is 13.4. The fraction of sp³-hybridized carbons (Fsp3) is 0.467. The number of amides is 2. The quantitative estimate of drug-likeness (QED) is 0.689. The number of hydrogen-bond donors (Lipinski definition) is 1. The normalized spacial score (nSPS) is 15.7. The molecule has 2 amide bonds. The third-order valence-corrected chi connectivity index (χ3v) is 3.76. The molecule has 1 aromatic carbocycles. The highest BCUT2D eigenvalue weighted by atomic mass is 19.2. The topological polar surface area (TPSA) is 49.4 Å². The largest absolute Gasteiger partial charge is 0.342 e. The highest BCUT2D eigenvalue weighted by Crippen LogP contribution is 2.20. The van der Waals surface area contributed by atoms with Crippen LogP contribution in [0, 0.1) is 23.4 Å². The molecule has 4 nitrogen and oxygen atoms in total.